The third kappa shape index (κ3) is 3.30. The first-order chi connectivity index (χ1) is 10.6. The summed E-state index contributed by atoms with van der Waals surface area (Å²) in [6.45, 7) is 7.34. The van der Waals surface area contributed by atoms with E-state index in [9.17, 15) is 0 Å². The number of hydrogen-bond acceptors (Lipinski definition) is 5. The summed E-state index contributed by atoms with van der Waals surface area (Å²) in [4.78, 5) is 2.08. The molecule has 2 rings (SSSR count). The molecule has 118 valence electrons. The first-order valence-corrected chi connectivity index (χ1v) is 7.37. The van der Waals surface area contributed by atoms with Crippen LogP contribution >= 0.6 is 0 Å². The summed E-state index contributed by atoms with van der Waals surface area (Å²) in [7, 11) is 3.66. The second-order valence-electron chi connectivity index (χ2n) is 5.21. The lowest BCUT2D eigenvalue weighted by Gasteiger charge is -2.22. The Morgan fingerprint density at radius 2 is 2.00 bits per heavy atom. The smallest absolute Gasteiger partial charge is 0.166 e. The van der Waals surface area contributed by atoms with Crippen molar-refractivity contribution >= 4 is 5.82 Å². The van der Waals surface area contributed by atoms with Gasteiger partial charge in [-0.3, -0.25) is 0 Å². The topological polar surface area (TPSA) is 47.5 Å². The molecule has 0 saturated carbocycles. The van der Waals surface area contributed by atoms with E-state index in [1.54, 1.807) is 13.3 Å². The minimum Gasteiger partial charge on any atom is -0.493 e. The molecule has 5 heteroatoms. The van der Waals surface area contributed by atoms with Crippen molar-refractivity contribution in [3.63, 3.8) is 0 Å². The number of aryl methyl sites for hydroxylation is 1. The highest BCUT2D eigenvalue weighted by Crippen LogP contribution is 2.32. The van der Waals surface area contributed by atoms with Crippen molar-refractivity contribution in [2.45, 2.75) is 27.3 Å². The molecule has 0 fully saturated rings. The molecule has 0 aliphatic rings. The highest BCUT2D eigenvalue weighted by atomic mass is 16.5. The summed E-state index contributed by atoms with van der Waals surface area (Å²) in [5, 5.41) is 8.31. The molecule has 0 atom stereocenters. The lowest BCUT2D eigenvalue weighted by atomic mass is 10.1. The molecule has 1 heterocycles. The standard InChI is InChI=1S/C17H23N3O2/c1-6-22-16-14(8-7-9-15(16)21-5)11-20(4)17-13(3)12(2)10-18-19-17/h7-10H,6,11H2,1-5H3. The minimum atomic E-state index is 0.598. The number of rotatable bonds is 6. The average molecular weight is 301 g/mol. The van der Waals surface area contributed by atoms with Crippen LogP contribution < -0.4 is 14.4 Å². The Hall–Kier alpha value is -2.30. The van der Waals surface area contributed by atoms with Crippen LogP contribution in [0.1, 0.15) is 23.6 Å². The number of aromatic nitrogens is 2. The Labute approximate surface area is 131 Å². The molecule has 0 spiro atoms. The van der Waals surface area contributed by atoms with Gasteiger partial charge in [-0.25, -0.2) is 0 Å². The third-order valence-electron chi connectivity index (χ3n) is 3.67. The van der Waals surface area contributed by atoms with Gasteiger partial charge in [0.1, 0.15) is 0 Å². The summed E-state index contributed by atoms with van der Waals surface area (Å²) in [6, 6.07) is 5.92. The van der Waals surface area contributed by atoms with Gasteiger partial charge >= 0.3 is 0 Å². The second kappa shape index (κ2) is 7.11. The van der Waals surface area contributed by atoms with E-state index < -0.39 is 0 Å². The molecule has 0 unspecified atom stereocenters. The van der Waals surface area contributed by atoms with Crippen molar-refractivity contribution in [1.29, 1.82) is 0 Å². The molecule has 0 aliphatic carbocycles. The van der Waals surface area contributed by atoms with E-state index in [0.717, 1.165) is 34.0 Å². The Morgan fingerprint density at radius 1 is 1.23 bits per heavy atom. The van der Waals surface area contributed by atoms with Gasteiger partial charge in [-0.2, -0.15) is 5.10 Å². The fourth-order valence-electron chi connectivity index (χ4n) is 2.37. The lowest BCUT2D eigenvalue weighted by Crippen LogP contribution is -2.20. The summed E-state index contributed by atoms with van der Waals surface area (Å²) < 4.78 is 11.2. The summed E-state index contributed by atoms with van der Waals surface area (Å²) in [5.74, 6) is 2.42. The molecule has 1 aromatic carbocycles. The van der Waals surface area contributed by atoms with Gasteiger partial charge in [0, 0.05) is 19.2 Å². The van der Waals surface area contributed by atoms with Gasteiger partial charge < -0.3 is 14.4 Å². The van der Waals surface area contributed by atoms with Crippen LogP contribution in [0.4, 0.5) is 5.82 Å². The molecule has 22 heavy (non-hydrogen) atoms. The molecular formula is C17H23N3O2. The molecule has 2 aromatic rings. The molecule has 0 radical (unpaired) electrons. The Bertz CT molecular complexity index is 644. The monoisotopic (exact) mass is 301 g/mol. The zero-order valence-electron chi connectivity index (χ0n) is 13.9. The summed E-state index contributed by atoms with van der Waals surface area (Å²) in [6.07, 6.45) is 1.78. The highest BCUT2D eigenvalue weighted by molar-refractivity contribution is 5.52. The fraction of sp³-hybridized carbons (Fsp3) is 0.412. The predicted molar refractivity (Wildman–Crippen MR) is 87.8 cm³/mol. The maximum atomic E-state index is 5.76. The largest absolute Gasteiger partial charge is 0.493 e. The van der Waals surface area contributed by atoms with Gasteiger partial charge in [0.15, 0.2) is 17.3 Å². The van der Waals surface area contributed by atoms with E-state index >= 15 is 0 Å². The van der Waals surface area contributed by atoms with Gasteiger partial charge in [-0.15, -0.1) is 5.10 Å². The molecule has 5 nitrogen and oxygen atoms in total. The fourth-order valence-corrected chi connectivity index (χ4v) is 2.37. The van der Waals surface area contributed by atoms with Crippen molar-refractivity contribution in [2.24, 2.45) is 0 Å². The minimum absolute atomic E-state index is 0.598. The number of nitrogens with zero attached hydrogens (tertiary/aromatic N) is 3. The van der Waals surface area contributed by atoms with Gasteiger partial charge in [-0.05, 0) is 38.0 Å². The van der Waals surface area contributed by atoms with Crippen molar-refractivity contribution in [1.82, 2.24) is 10.2 Å². The summed E-state index contributed by atoms with van der Waals surface area (Å²) >= 11 is 0. The lowest BCUT2D eigenvalue weighted by molar-refractivity contribution is 0.307. The van der Waals surface area contributed by atoms with E-state index in [-0.39, 0.29) is 0 Å². The first-order valence-electron chi connectivity index (χ1n) is 7.37. The van der Waals surface area contributed by atoms with Crippen LogP contribution in [-0.2, 0) is 6.54 Å². The SMILES string of the molecule is CCOc1c(CN(C)c2nncc(C)c2C)cccc1OC. The number of methoxy groups -OCH3 is 1. The summed E-state index contributed by atoms with van der Waals surface area (Å²) in [5.41, 5.74) is 3.33. The first kappa shape index (κ1) is 16.1. The van der Waals surface area contributed by atoms with Gasteiger partial charge in [0.2, 0.25) is 0 Å². The van der Waals surface area contributed by atoms with Crippen LogP contribution in [0.15, 0.2) is 24.4 Å². The highest BCUT2D eigenvalue weighted by Gasteiger charge is 2.15. The van der Waals surface area contributed by atoms with Crippen LogP contribution in [0, 0.1) is 13.8 Å². The zero-order chi connectivity index (χ0) is 16.1. The number of ether oxygens (including phenoxy) is 2. The van der Waals surface area contributed by atoms with E-state index in [4.69, 9.17) is 9.47 Å². The number of anilines is 1. The molecule has 0 aliphatic heterocycles. The number of benzene rings is 1. The van der Waals surface area contributed by atoms with Crippen LogP contribution in [0.25, 0.3) is 0 Å². The van der Waals surface area contributed by atoms with Gasteiger partial charge in [0.25, 0.3) is 0 Å². The van der Waals surface area contributed by atoms with E-state index in [0.29, 0.717) is 13.2 Å². The zero-order valence-corrected chi connectivity index (χ0v) is 13.9. The van der Waals surface area contributed by atoms with Gasteiger partial charge in [-0.1, -0.05) is 12.1 Å². The third-order valence-corrected chi connectivity index (χ3v) is 3.67. The molecule has 0 bridgehead atoms. The van der Waals surface area contributed by atoms with E-state index in [1.807, 2.05) is 39.1 Å². The molecule has 0 N–H and O–H groups in total. The molecule has 1 aromatic heterocycles. The van der Waals surface area contributed by atoms with Crippen molar-refractivity contribution in [3.05, 3.63) is 41.1 Å². The normalized spacial score (nSPS) is 10.4. The van der Waals surface area contributed by atoms with E-state index in [1.165, 1.54) is 0 Å². The quantitative estimate of drug-likeness (QED) is 0.820. The van der Waals surface area contributed by atoms with Crippen molar-refractivity contribution in [2.75, 3.05) is 25.7 Å². The van der Waals surface area contributed by atoms with Crippen LogP contribution in [0.3, 0.4) is 0 Å². The van der Waals surface area contributed by atoms with Crippen LogP contribution in [-0.4, -0.2) is 31.0 Å². The Morgan fingerprint density at radius 3 is 2.68 bits per heavy atom. The maximum Gasteiger partial charge on any atom is 0.166 e. The van der Waals surface area contributed by atoms with Crippen molar-refractivity contribution in [3.8, 4) is 11.5 Å². The molecule has 0 amide bonds. The number of para-hydroxylation sites is 1. The van der Waals surface area contributed by atoms with Gasteiger partial charge in [0.05, 0.1) is 19.9 Å². The molecule has 0 saturated heterocycles. The van der Waals surface area contributed by atoms with E-state index in [2.05, 4.69) is 22.0 Å². The Balaban J connectivity index is 2.32. The number of hydrogen-bond donors (Lipinski definition) is 0. The molecular weight excluding hydrogens is 278 g/mol. The maximum absolute atomic E-state index is 5.76. The predicted octanol–water partition coefficient (Wildman–Crippen LogP) is 3.14. The van der Waals surface area contributed by atoms with Crippen molar-refractivity contribution < 1.29 is 9.47 Å². The van der Waals surface area contributed by atoms with Crippen LogP contribution in [0.2, 0.25) is 0 Å². The second-order valence-corrected chi connectivity index (χ2v) is 5.21. The average Bonchev–Trinajstić information content (AvgIpc) is 2.51. The van der Waals surface area contributed by atoms with Crippen LogP contribution in [0.5, 0.6) is 11.5 Å². The Kier molecular flexibility index (Phi) is 5.20.